The molecule has 0 atom stereocenters. The molecule has 4 heteroatoms. The molecular formula is C20H20N2O2. The summed E-state index contributed by atoms with van der Waals surface area (Å²) in [6, 6.07) is 17.7. The monoisotopic (exact) mass is 320 g/mol. The highest BCUT2D eigenvalue weighted by Gasteiger charge is 2.26. The molecule has 4 nitrogen and oxygen atoms in total. The fourth-order valence-corrected chi connectivity index (χ4v) is 2.75. The summed E-state index contributed by atoms with van der Waals surface area (Å²) in [7, 11) is 0. The number of rotatable bonds is 5. The lowest BCUT2D eigenvalue weighted by molar-refractivity contribution is -0.136. The molecular weight excluding hydrogens is 300 g/mol. The van der Waals surface area contributed by atoms with Crippen LogP contribution in [-0.4, -0.2) is 24.8 Å². The second-order valence-corrected chi connectivity index (χ2v) is 5.51. The molecule has 2 aromatic carbocycles. The van der Waals surface area contributed by atoms with Gasteiger partial charge in [-0.2, -0.15) is 0 Å². The van der Waals surface area contributed by atoms with Crippen LogP contribution in [0.5, 0.6) is 0 Å². The van der Waals surface area contributed by atoms with Gasteiger partial charge in [0.25, 0.3) is 0 Å². The van der Waals surface area contributed by atoms with Crippen molar-refractivity contribution < 1.29 is 9.63 Å². The second kappa shape index (κ2) is 7.13. The number of oxime groups is 1. The molecule has 0 radical (unpaired) electrons. The van der Waals surface area contributed by atoms with Gasteiger partial charge in [-0.1, -0.05) is 47.6 Å². The Morgan fingerprint density at radius 3 is 2.29 bits per heavy atom. The average Bonchev–Trinajstić information content (AvgIpc) is 2.99. The number of nitrogens with zero attached hydrogens (tertiary/aromatic N) is 2. The number of benzene rings is 2. The third kappa shape index (κ3) is 3.23. The number of anilines is 1. The number of hydrogen-bond donors (Lipinski definition) is 0. The molecule has 0 N–H and O–H groups in total. The van der Waals surface area contributed by atoms with Crippen molar-refractivity contribution in [1.82, 2.24) is 0 Å². The van der Waals surface area contributed by atoms with E-state index >= 15 is 0 Å². The van der Waals surface area contributed by atoms with Gasteiger partial charge >= 0.3 is 5.97 Å². The summed E-state index contributed by atoms with van der Waals surface area (Å²) < 4.78 is 0. The van der Waals surface area contributed by atoms with E-state index in [-0.39, 0.29) is 0 Å². The Labute approximate surface area is 142 Å². The molecule has 1 aliphatic rings. The molecule has 0 saturated heterocycles. The van der Waals surface area contributed by atoms with Crippen LogP contribution in [0.15, 0.2) is 65.3 Å². The zero-order chi connectivity index (χ0) is 16.9. The first-order valence-corrected chi connectivity index (χ1v) is 8.14. The van der Waals surface area contributed by atoms with E-state index in [1.54, 1.807) is 0 Å². The van der Waals surface area contributed by atoms with E-state index in [1.807, 2.05) is 48.5 Å². The Morgan fingerprint density at radius 1 is 1.00 bits per heavy atom. The summed E-state index contributed by atoms with van der Waals surface area (Å²) in [6.45, 7) is 6.20. The SMILES string of the molecule is CCN(CC)c1ccc(/C=C2\C(=O)ON=C2c2ccccc2)cc1. The molecule has 0 unspecified atom stereocenters. The van der Waals surface area contributed by atoms with Crippen LogP contribution in [0.3, 0.4) is 0 Å². The number of carbonyl (C=O) groups is 1. The Kier molecular flexibility index (Phi) is 4.75. The smallest absolute Gasteiger partial charge is 0.368 e. The van der Waals surface area contributed by atoms with Gasteiger partial charge in [-0.3, -0.25) is 0 Å². The maximum absolute atomic E-state index is 12.0. The fourth-order valence-electron chi connectivity index (χ4n) is 2.75. The zero-order valence-corrected chi connectivity index (χ0v) is 13.9. The Morgan fingerprint density at radius 2 is 1.67 bits per heavy atom. The Bertz CT molecular complexity index is 773. The van der Waals surface area contributed by atoms with Gasteiger partial charge in [0.1, 0.15) is 5.71 Å². The first kappa shape index (κ1) is 16.0. The van der Waals surface area contributed by atoms with Crippen LogP contribution in [0.1, 0.15) is 25.0 Å². The van der Waals surface area contributed by atoms with Crippen molar-refractivity contribution in [2.75, 3.05) is 18.0 Å². The van der Waals surface area contributed by atoms with Gasteiger partial charge < -0.3 is 9.74 Å². The van der Waals surface area contributed by atoms with Gasteiger partial charge in [0.2, 0.25) is 0 Å². The standard InChI is InChI=1S/C20H20N2O2/c1-3-22(4-2)17-12-10-15(11-13-17)14-18-19(21-24-20(18)23)16-8-6-5-7-9-16/h5-14H,3-4H2,1-2H3/b18-14-. The van der Waals surface area contributed by atoms with E-state index in [9.17, 15) is 4.79 Å². The van der Waals surface area contributed by atoms with Crippen molar-refractivity contribution in [1.29, 1.82) is 0 Å². The van der Waals surface area contributed by atoms with E-state index in [4.69, 9.17) is 4.84 Å². The first-order valence-electron chi connectivity index (χ1n) is 8.14. The van der Waals surface area contributed by atoms with E-state index in [2.05, 4.69) is 36.0 Å². The fraction of sp³-hybridized carbons (Fsp3) is 0.200. The first-order chi connectivity index (χ1) is 11.7. The van der Waals surface area contributed by atoms with Crippen molar-refractivity contribution in [3.63, 3.8) is 0 Å². The Balaban J connectivity index is 1.89. The van der Waals surface area contributed by atoms with Crippen LogP contribution >= 0.6 is 0 Å². The van der Waals surface area contributed by atoms with E-state index in [0.717, 1.165) is 24.2 Å². The predicted molar refractivity (Wildman–Crippen MR) is 97.1 cm³/mol. The predicted octanol–water partition coefficient (Wildman–Crippen LogP) is 3.88. The molecule has 0 spiro atoms. The molecule has 3 rings (SSSR count). The molecule has 2 aromatic rings. The van der Waals surface area contributed by atoms with Gasteiger partial charge in [-0.15, -0.1) is 0 Å². The summed E-state index contributed by atoms with van der Waals surface area (Å²) in [6.07, 6.45) is 1.83. The largest absolute Gasteiger partial charge is 0.372 e. The van der Waals surface area contributed by atoms with Crippen molar-refractivity contribution in [3.8, 4) is 0 Å². The maximum atomic E-state index is 12.0. The third-order valence-corrected chi connectivity index (χ3v) is 4.07. The normalized spacial score (nSPS) is 15.3. The highest BCUT2D eigenvalue weighted by molar-refractivity contribution is 6.31. The van der Waals surface area contributed by atoms with Crippen LogP contribution in [0.25, 0.3) is 6.08 Å². The van der Waals surface area contributed by atoms with E-state index in [0.29, 0.717) is 11.3 Å². The highest BCUT2D eigenvalue weighted by atomic mass is 16.7. The van der Waals surface area contributed by atoms with Crippen LogP contribution in [0.2, 0.25) is 0 Å². The minimum absolute atomic E-state index is 0.415. The Hall–Kier alpha value is -2.88. The van der Waals surface area contributed by atoms with Crippen LogP contribution < -0.4 is 4.90 Å². The third-order valence-electron chi connectivity index (χ3n) is 4.07. The van der Waals surface area contributed by atoms with Gasteiger partial charge in [0, 0.05) is 24.3 Å². The summed E-state index contributed by atoms with van der Waals surface area (Å²) in [5.41, 5.74) is 4.05. The van der Waals surface area contributed by atoms with E-state index in [1.165, 1.54) is 5.69 Å². The molecule has 0 saturated carbocycles. The van der Waals surface area contributed by atoms with Crippen molar-refractivity contribution in [3.05, 3.63) is 71.3 Å². The lowest BCUT2D eigenvalue weighted by Crippen LogP contribution is -2.21. The lowest BCUT2D eigenvalue weighted by atomic mass is 10.0. The molecule has 122 valence electrons. The zero-order valence-electron chi connectivity index (χ0n) is 13.9. The molecule has 0 aliphatic carbocycles. The maximum Gasteiger partial charge on any atom is 0.368 e. The van der Waals surface area contributed by atoms with Crippen molar-refractivity contribution in [2.24, 2.45) is 5.16 Å². The lowest BCUT2D eigenvalue weighted by Gasteiger charge is -2.20. The summed E-state index contributed by atoms with van der Waals surface area (Å²) >= 11 is 0. The molecule has 1 aliphatic heterocycles. The molecule has 0 fully saturated rings. The minimum Gasteiger partial charge on any atom is -0.372 e. The van der Waals surface area contributed by atoms with Crippen molar-refractivity contribution in [2.45, 2.75) is 13.8 Å². The second-order valence-electron chi connectivity index (χ2n) is 5.51. The van der Waals surface area contributed by atoms with Crippen molar-refractivity contribution >= 4 is 23.4 Å². The quantitative estimate of drug-likeness (QED) is 0.620. The van der Waals surface area contributed by atoms with Gasteiger partial charge in [0.05, 0.1) is 5.57 Å². The van der Waals surface area contributed by atoms with Gasteiger partial charge in [-0.25, -0.2) is 4.79 Å². The number of hydrogen-bond acceptors (Lipinski definition) is 4. The van der Waals surface area contributed by atoms with E-state index < -0.39 is 5.97 Å². The highest BCUT2D eigenvalue weighted by Crippen LogP contribution is 2.22. The average molecular weight is 320 g/mol. The molecule has 0 amide bonds. The van der Waals surface area contributed by atoms with Crippen LogP contribution in [-0.2, 0) is 9.63 Å². The van der Waals surface area contributed by atoms with Gasteiger partial charge in [0.15, 0.2) is 0 Å². The summed E-state index contributed by atoms with van der Waals surface area (Å²) in [5.74, 6) is -0.415. The number of carbonyl (C=O) groups excluding carboxylic acids is 1. The van der Waals surface area contributed by atoms with Crippen LogP contribution in [0, 0.1) is 0 Å². The molecule has 24 heavy (non-hydrogen) atoms. The van der Waals surface area contributed by atoms with Gasteiger partial charge in [-0.05, 0) is 37.6 Å². The molecule has 1 heterocycles. The minimum atomic E-state index is -0.415. The summed E-state index contributed by atoms with van der Waals surface area (Å²) in [5, 5.41) is 3.93. The van der Waals surface area contributed by atoms with Crippen LogP contribution in [0.4, 0.5) is 5.69 Å². The molecule has 0 bridgehead atoms. The topological polar surface area (TPSA) is 41.9 Å². The summed E-state index contributed by atoms with van der Waals surface area (Å²) in [4.78, 5) is 19.2. The molecule has 0 aromatic heterocycles.